The van der Waals surface area contributed by atoms with Crippen molar-refractivity contribution in [2.45, 2.75) is 44.6 Å². The van der Waals surface area contributed by atoms with Gasteiger partial charge in [0.15, 0.2) is 0 Å². The first-order chi connectivity index (χ1) is 7.84. The smallest absolute Gasteiger partial charge is 0.224 e. The summed E-state index contributed by atoms with van der Waals surface area (Å²) in [4.78, 5) is 12.1. The van der Waals surface area contributed by atoms with Crippen LogP contribution in [0.5, 0.6) is 0 Å². The van der Waals surface area contributed by atoms with Crippen LogP contribution in [-0.4, -0.2) is 25.0 Å². The summed E-state index contributed by atoms with van der Waals surface area (Å²) < 4.78 is 0. The minimum Gasteiger partial charge on any atom is -0.353 e. The Labute approximate surface area is 97.4 Å². The number of piperidine rings is 1. The SMILES string of the molecule is O=C(NC(C1CC1)C1CC1)[C@@H]1CCCNC1. The van der Waals surface area contributed by atoms with E-state index in [0.717, 1.165) is 37.8 Å². The standard InChI is InChI=1S/C13H22N2O/c16-13(11-2-1-7-14-8-11)15-12(9-3-4-9)10-5-6-10/h9-12,14H,1-8H2,(H,15,16)/t11-/m1/s1. The number of amides is 1. The van der Waals surface area contributed by atoms with Crippen molar-refractivity contribution in [3.05, 3.63) is 0 Å². The zero-order chi connectivity index (χ0) is 11.0. The van der Waals surface area contributed by atoms with E-state index >= 15 is 0 Å². The van der Waals surface area contributed by atoms with Gasteiger partial charge in [-0.15, -0.1) is 0 Å². The van der Waals surface area contributed by atoms with Crippen LogP contribution in [0.15, 0.2) is 0 Å². The predicted octanol–water partition coefficient (Wildman–Crippen LogP) is 1.29. The molecular weight excluding hydrogens is 200 g/mol. The molecular formula is C13H22N2O. The van der Waals surface area contributed by atoms with E-state index in [4.69, 9.17) is 0 Å². The molecule has 0 spiro atoms. The van der Waals surface area contributed by atoms with Crippen molar-refractivity contribution < 1.29 is 4.79 Å². The van der Waals surface area contributed by atoms with Crippen LogP contribution < -0.4 is 10.6 Å². The summed E-state index contributed by atoms with van der Waals surface area (Å²) in [6.45, 7) is 1.96. The fourth-order valence-corrected chi connectivity index (χ4v) is 2.89. The molecule has 0 radical (unpaired) electrons. The van der Waals surface area contributed by atoms with Gasteiger partial charge in [-0.05, 0) is 56.9 Å². The molecule has 0 unspecified atom stereocenters. The van der Waals surface area contributed by atoms with Crippen LogP contribution in [0.1, 0.15) is 38.5 Å². The van der Waals surface area contributed by atoms with Gasteiger partial charge in [0.25, 0.3) is 0 Å². The predicted molar refractivity (Wildman–Crippen MR) is 63.0 cm³/mol. The van der Waals surface area contributed by atoms with E-state index in [2.05, 4.69) is 10.6 Å². The van der Waals surface area contributed by atoms with Gasteiger partial charge in [-0.25, -0.2) is 0 Å². The molecule has 1 heterocycles. The first kappa shape index (κ1) is 10.6. The van der Waals surface area contributed by atoms with Gasteiger partial charge in [0.2, 0.25) is 5.91 Å². The molecule has 3 rings (SSSR count). The van der Waals surface area contributed by atoms with Gasteiger partial charge in [0.1, 0.15) is 0 Å². The lowest BCUT2D eigenvalue weighted by atomic mass is 9.97. The average Bonchev–Trinajstić information content (AvgIpc) is 3.19. The lowest BCUT2D eigenvalue weighted by molar-refractivity contribution is -0.126. The molecule has 2 N–H and O–H groups in total. The Kier molecular flexibility index (Phi) is 2.88. The van der Waals surface area contributed by atoms with Crippen molar-refractivity contribution in [1.82, 2.24) is 10.6 Å². The van der Waals surface area contributed by atoms with Gasteiger partial charge in [0.05, 0.1) is 5.92 Å². The van der Waals surface area contributed by atoms with Gasteiger partial charge >= 0.3 is 0 Å². The molecule has 3 heteroatoms. The lowest BCUT2D eigenvalue weighted by Gasteiger charge is -2.25. The molecule has 90 valence electrons. The Morgan fingerprint density at radius 1 is 1.12 bits per heavy atom. The summed E-state index contributed by atoms with van der Waals surface area (Å²) in [6.07, 6.45) is 7.57. The highest BCUT2D eigenvalue weighted by Crippen LogP contribution is 2.44. The number of hydrogen-bond donors (Lipinski definition) is 2. The summed E-state index contributed by atoms with van der Waals surface area (Å²) in [7, 11) is 0. The highest BCUT2D eigenvalue weighted by Gasteiger charge is 2.42. The number of hydrogen-bond acceptors (Lipinski definition) is 2. The van der Waals surface area contributed by atoms with E-state index in [1.54, 1.807) is 0 Å². The fourth-order valence-electron chi connectivity index (χ4n) is 2.89. The molecule has 2 aliphatic carbocycles. The van der Waals surface area contributed by atoms with Crippen LogP contribution in [0.2, 0.25) is 0 Å². The van der Waals surface area contributed by atoms with Crippen LogP contribution in [0, 0.1) is 17.8 Å². The maximum atomic E-state index is 12.1. The molecule has 3 fully saturated rings. The van der Waals surface area contributed by atoms with Gasteiger partial charge in [-0.1, -0.05) is 0 Å². The van der Waals surface area contributed by atoms with Gasteiger partial charge in [0, 0.05) is 12.6 Å². The molecule has 0 bridgehead atoms. The Morgan fingerprint density at radius 2 is 1.81 bits per heavy atom. The van der Waals surface area contributed by atoms with Crippen LogP contribution >= 0.6 is 0 Å². The summed E-state index contributed by atoms with van der Waals surface area (Å²) in [5, 5.41) is 6.65. The van der Waals surface area contributed by atoms with E-state index in [9.17, 15) is 4.79 Å². The van der Waals surface area contributed by atoms with Crippen molar-refractivity contribution in [2.75, 3.05) is 13.1 Å². The first-order valence-corrected chi connectivity index (χ1v) is 6.85. The number of nitrogens with one attached hydrogen (secondary N) is 2. The Hall–Kier alpha value is -0.570. The molecule has 2 saturated carbocycles. The highest BCUT2D eigenvalue weighted by molar-refractivity contribution is 5.79. The van der Waals surface area contributed by atoms with E-state index in [0.29, 0.717) is 11.9 Å². The Bertz CT molecular complexity index is 253. The number of carbonyl (C=O) groups is 1. The molecule has 3 aliphatic rings. The first-order valence-electron chi connectivity index (χ1n) is 6.85. The van der Waals surface area contributed by atoms with Crippen molar-refractivity contribution >= 4 is 5.91 Å². The largest absolute Gasteiger partial charge is 0.353 e. The second kappa shape index (κ2) is 4.36. The topological polar surface area (TPSA) is 41.1 Å². The maximum absolute atomic E-state index is 12.1. The minimum atomic E-state index is 0.230. The normalized spacial score (nSPS) is 30.4. The number of rotatable bonds is 4. The van der Waals surface area contributed by atoms with E-state index in [1.165, 1.54) is 25.7 Å². The zero-order valence-electron chi connectivity index (χ0n) is 9.87. The third kappa shape index (κ3) is 2.40. The summed E-state index contributed by atoms with van der Waals surface area (Å²) >= 11 is 0. The molecule has 0 aromatic carbocycles. The molecule has 1 saturated heterocycles. The van der Waals surface area contributed by atoms with Crippen LogP contribution in [0.25, 0.3) is 0 Å². The second-order valence-electron chi connectivity index (χ2n) is 5.75. The van der Waals surface area contributed by atoms with E-state index in [-0.39, 0.29) is 5.92 Å². The second-order valence-corrected chi connectivity index (χ2v) is 5.75. The summed E-state index contributed by atoms with van der Waals surface area (Å²) in [5.41, 5.74) is 0. The molecule has 0 aromatic rings. The third-order valence-corrected chi connectivity index (χ3v) is 4.24. The quantitative estimate of drug-likeness (QED) is 0.752. The molecule has 1 aliphatic heterocycles. The van der Waals surface area contributed by atoms with E-state index in [1.807, 2.05) is 0 Å². The lowest BCUT2D eigenvalue weighted by Crippen LogP contribution is -2.46. The van der Waals surface area contributed by atoms with Crippen molar-refractivity contribution in [1.29, 1.82) is 0 Å². The Morgan fingerprint density at radius 3 is 2.31 bits per heavy atom. The minimum absolute atomic E-state index is 0.230. The Balaban J connectivity index is 1.53. The summed E-state index contributed by atoms with van der Waals surface area (Å²) in [6, 6.07) is 0.523. The monoisotopic (exact) mass is 222 g/mol. The maximum Gasteiger partial charge on any atom is 0.224 e. The highest BCUT2D eigenvalue weighted by atomic mass is 16.2. The van der Waals surface area contributed by atoms with Gasteiger partial charge in [-0.2, -0.15) is 0 Å². The number of carbonyl (C=O) groups excluding carboxylic acids is 1. The average molecular weight is 222 g/mol. The van der Waals surface area contributed by atoms with Crippen LogP contribution in [0.4, 0.5) is 0 Å². The summed E-state index contributed by atoms with van der Waals surface area (Å²) in [5.74, 6) is 2.17. The third-order valence-electron chi connectivity index (χ3n) is 4.24. The fraction of sp³-hybridized carbons (Fsp3) is 0.923. The van der Waals surface area contributed by atoms with Gasteiger partial charge in [-0.3, -0.25) is 4.79 Å². The van der Waals surface area contributed by atoms with E-state index < -0.39 is 0 Å². The molecule has 1 atom stereocenters. The van der Waals surface area contributed by atoms with Gasteiger partial charge < -0.3 is 10.6 Å². The molecule has 1 amide bonds. The van der Waals surface area contributed by atoms with Crippen molar-refractivity contribution in [3.63, 3.8) is 0 Å². The molecule has 0 aromatic heterocycles. The van der Waals surface area contributed by atoms with Crippen molar-refractivity contribution in [2.24, 2.45) is 17.8 Å². The van der Waals surface area contributed by atoms with Crippen LogP contribution in [0.3, 0.4) is 0 Å². The molecule has 16 heavy (non-hydrogen) atoms. The zero-order valence-corrected chi connectivity index (χ0v) is 9.87. The molecule has 3 nitrogen and oxygen atoms in total. The van der Waals surface area contributed by atoms with Crippen LogP contribution in [-0.2, 0) is 4.79 Å². The van der Waals surface area contributed by atoms with Crippen molar-refractivity contribution in [3.8, 4) is 0 Å².